The van der Waals surface area contributed by atoms with Gasteiger partial charge in [-0.1, -0.05) is 12.1 Å². The molecule has 7 heteroatoms. The number of hydrogen-bond donors (Lipinski definition) is 2. The standard InChI is InChI=1S/C14H15BrN2O3S/c1-10-6-11(9-18)7-13(14(10)15)21(19,20)17-8-12-4-2-3-5-16-12/h2-7,17-18H,8-9H2,1H3. The Morgan fingerprint density at radius 3 is 2.71 bits per heavy atom. The Morgan fingerprint density at radius 1 is 1.33 bits per heavy atom. The van der Waals surface area contributed by atoms with E-state index in [2.05, 4.69) is 25.6 Å². The monoisotopic (exact) mass is 370 g/mol. The van der Waals surface area contributed by atoms with E-state index in [1.807, 2.05) is 0 Å². The van der Waals surface area contributed by atoms with Crippen molar-refractivity contribution in [1.82, 2.24) is 9.71 Å². The number of sulfonamides is 1. The van der Waals surface area contributed by atoms with Crippen LogP contribution in [-0.4, -0.2) is 18.5 Å². The quantitative estimate of drug-likeness (QED) is 0.844. The van der Waals surface area contributed by atoms with E-state index < -0.39 is 10.0 Å². The normalized spacial score (nSPS) is 11.6. The number of pyridine rings is 1. The van der Waals surface area contributed by atoms with Crippen molar-refractivity contribution in [3.63, 3.8) is 0 Å². The molecular weight excluding hydrogens is 356 g/mol. The van der Waals surface area contributed by atoms with Gasteiger partial charge in [-0.25, -0.2) is 13.1 Å². The highest BCUT2D eigenvalue weighted by atomic mass is 79.9. The molecule has 21 heavy (non-hydrogen) atoms. The number of aliphatic hydroxyl groups is 1. The van der Waals surface area contributed by atoms with Gasteiger partial charge in [-0.05, 0) is 52.2 Å². The van der Waals surface area contributed by atoms with Gasteiger partial charge in [0.15, 0.2) is 0 Å². The molecule has 0 spiro atoms. The molecule has 0 aliphatic carbocycles. The highest BCUT2D eigenvalue weighted by Crippen LogP contribution is 2.27. The number of aliphatic hydroxyl groups excluding tert-OH is 1. The highest BCUT2D eigenvalue weighted by molar-refractivity contribution is 9.10. The Kier molecular flexibility index (Phi) is 5.10. The molecule has 0 fully saturated rings. The van der Waals surface area contributed by atoms with Crippen LogP contribution in [0.5, 0.6) is 0 Å². The minimum absolute atomic E-state index is 0.109. The van der Waals surface area contributed by atoms with E-state index in [0.29, 0.717) is 15.7 Å². The summed E-state index contributed by atoms with van der Waals surface area (Å²) in [4.78, 5) is 4.18. The molecule has 112 valence electrons. The molecule has 5 nitrogen and oxygen atoms in total. The first-order valence-corrected chi connectivity index (χ1v) is 8.51. The highest BCUT2D eigenvalue weighted by Gasteiger charge is 2.19. The van der Waals surface area contributed by atoms with Gasteiger partial charge in [-0.3, -0.25) is 4.98 Å². The van der Waals surface area contributed by atoms with E-state index in [4.69, 9.17) is 0 Å². The van der Waals surface area contributed by atoms with Crippen molar-refractivity contribution in [1.29, 1.82) is 0 Å². The number of halogens is 1. The summed E-state index contributed by atoms with van der Waals surface area (Å²) in [5.74, 6) is 0. The van der Waals surface area contributed by atoms with Crippen molar-refractivity contribution in [2.75, 3.05) is 0 Å². The summed E-state index contributed by atoms with van der Waals surface area (Å²) in [7, 11) is -3.69. The molecule has 2 N–H and O–H groups in total. The number of aromatic nitrogens is 1. The molecule has 0 bridgehead atoms. The third-order valence-corrected chi connectivity index (χ3v) is 5.66. The average Bonchev–Trinajstić information content (AvgIpc) is 2.48. The molecule has 0 saturated carbocycles. The zero-order valence-electron chi connectivity index (χ0n) is 11.4. The van der Waals surface area contributed by atoms with Crippen molar-refractivity contribution in [2.45, 2.75) is 25.0 Å². The molecular formula is C14H15BrN2O3S. The molecule has 0 radical (unpaired) electrons. The van der Waals surface area contributed by atoms with Crippen molar-refractivity contribution < 1.29 is 13.5 Å². The lowest BCUT2D eigenvalue weighted by molar-refractivity contribution is 0.281. The summed E-state index contributed by atoms with van der Waals surface area (Å²) in [5.41, 5.74) is 1.93. The van der Waals surface area contributed by atoms with Crippen molar-refractivity contribution in [2.24, 2.45) is 0 Å². The van der Waals surface area contributed by atoms with Crippen LogP contribution in [0.4, 0.5) is 0 Å². The molecule has 1 aromatic carbocycles. The van der Waals surface area contributed by atoms with E-state index >= 15 is 0 Å². The lowest BCUT2D eigenvalue weighted by Gasteiger charge is -2.11. The van der Waals surface area contributed by atoms with Crippen molar-refractivity contribution in [3.8, 4) is 0 Å². The predicted molar refractivity (Wildman–Crippen MR) is 83.1 cm³/mol. The Labute approximate surface area is 132 Å². The zero-order chi connectivity index (χ0) is 15.5. The zero-order valence-corrected chi connectivity index (χ0v) is 13.8. The van der Waals surface area contributed by atoms with Crippen molar-refractivity contribution in [3.05, 3.63) is 57.8 Å². The fraction of sp³-hybridized carbons (Fsp3) is 0.214. The van der Waals surface area contributed by atoms with Crippen LogP contribution in [0.25, 0.3) is 0 Å². The van der Waals surface area contributed by atoms with Gasteiger partial charge in [0.1, 0.15) is 0 Å². The van der Waals surface area contributed by atoms with E-state index in [1.54, 1.807) is 37.4 Å². The molecule has 2 aromatic rings. The molecule has 1 aromatic heterocycles. The third-order valence-electron chi connectivity index (χ3n) is 2.92. The van der Waals surface area contributed by atoms with E-state index in [1.165, 1.54) is 6.07 Å². The summed E-state index contributed by atoms with van der Waals surface area (Å²) < 4.78 is 27.8. The van der Waals surface area contributed by atoms with Crippen LogP contribution in [0, 0.1) is 6.92 Å². The molecule has 2 rings (SSSR count). The largest absolute Gasteiger partial charge is 0.392 e. The molecule has 0 atom stereocenters. The Bertz CT molecular complexity index is 733. The lowest BCUT2D eigenvalue weighted by atomic mass is 10.1. The number of benzene rings is 1. The second-order valence-electron chi connectivity index (χ2n) is 4.53. The smallest absolute Gasteiger partial charge is 0.242 e. The van der Waals surface area contributed by atoms with Crippen LogP contribution in [-0.2, 0) is 23.2 Å². The maximum absolute atomic E-state index is 12.4. The molecule has 0 aliphatic heterocycles. The van der Waals surface area contributed by atoms with Gasteiger partial charge >= 0.3 is 0 Å². The molecule has 0 unspecified atom stereocenters. The van der Waals surface area contributed by atoms with E-state index in [0.717, 1.165) is 5.56 Å². The Balaban J connectivity index is 2.29. The van der Waals surface area contributed by atoms with Gasteiger partial charge in [0.05, 0.1) is 23.7 Å². The molecule has 0 saturated heterocycles. The summed E-state index contributed by atoms with van der Waals surface area (Å²) >= 11 is 3.29. The first-order valence-electron chi connectivity index (χ1n) is 6.23. The Morgan fingerprint density at radius 2 is 2.10 bits per heavy atom. The maximum atomic E-state index is 12.4. The second-order valence-corrected chi connectivity index (χ2v) is 7.06. The van der Waals surface area contributed by atoms with Crippen LogP contribution in [0.2, 0.25) is 0 Å². The minimum atomic E-state index is -3.69. The molecule has 0 aliphatic rings. The summed E-state index contributed by atoms with van der Waals surface area (Å²) in [6.45, 7) is 1.68. The Hall–Kier alpha value is -1.28. The second kappa shape index (κ2) is 6.65. The van der Waals surface area contributed by atoms with Gasteiger partial charge in [0.2, 0.25) is 10.0 Å². The topological polar surface area (TPSA) is 79.3 Å². The van der Waals surface area contributed by atoms with Gasteiger partial charge in [-0.2, -0.15) is 0 Å². The lowest BCUT2D eigenvalue weighted by Crippen LogP contribution is -2.24. The SMILES string of the molecule is Cc1cc(CO)cc(S(=O)(=O)NCc2ccccn2)c1Br. The first-order chi connectivity index (χ1) is 9.94. The van der Waals surface area contributed by atoms with Crippen LogP contribution in [0.15, 0.2) is 45.9 Å². The molecule has 1 heterocycles. The van der Waals surface area contributed by atoms with Crippen LogP contribution >= 0.6 is 15.9 Å². The van der Waals surface area contributed by atoms with Crippen LogP contribution in [0.1, 0.15) is 16.8 Å². The van der Waals surface area contributed by atoms with Crippen LogP contribution in [0.3, 0.4) is 0 Å². The number of aryl methyl sites for hydroxylation is 1. The summed E-state index contributed by atoms with van der Waals surface area (Å²) in [5, 5.41) is 9.21. The van der Waals surface area contributed by atoms with Gasteiger partial charge in [0.25, 0.3) is 0 Å². The first kappa shape index (κ1) is 16.1. The number of nitrogens with one attached hydrogen (secondary N) is 1. The van der Waals surface area contributed by atoms with Crippen molar-refractivity contribution >= 4 is 26.0 Å². The molecule has 0 amide bonds. The average molecular weight is 371 g/mol. The minimum Gasteiger partial charge on any atom is -0.392 e. The third kappa shape index (κ3) is 3.88. The number of hydrogen-bond acceptors (Lipinski definition) is 4. The number of rotatable bonds is 5. The fourth-order valence-corrected chi connectivity index (χ4v) is 3.91. The maximum Gasteiger partial charge on any atom is 0.242 e. The van der Waals surface area contributed by atoms with E-state index in [-0.39, 0.29) is 18.0 Å². The van der Waals surface area contributed by atoms with E-state index in [9.17, 15) is 13.5 Å². The fourth-order valence-electron chi connectivity index (χ4n) is 1.85. The van der Waals surface area contributed by atoms with Gasteiger partial charge in [0, 0.05) is 10.7 Å². The van der Waals surface area contributed by atoms with Gasteiger partial charge in [-0.15, -0.1) is 0 Å². The summed E-state index contributed by atoms with van der Waals surface area (Å²) in [6, 6.07) is 8.50. The number of nitrogens with zero attached hydrogens (tertiary/aromatic N) is 1. The predicted octanol–water partition coefficient (Wildman–Crippen LogP) is 2.12. The van der Waals surface area contributed by atoms with Crippen LogP contribution < -0.4 is 4.72 Å². The van der Waals surface area contributed by atoms with Gasteiger partial charge < -0.3 is 5.11 Å². The summed E-state index contributed by atoms with van der Waals surface area (Å²) in [6.07, 6.45) is 1.61.